The quantitative estimate of drug-likeness (QED) is 0.548. The fraction of sp³-hybridized carbons (Fsp3) is 1.00. The predicted molar refractivity (Wildman–Crippen MR) is 101 cm³/mol. The molecule has 28 heavy (non-hydrogen) atoms. The summed E-state index contributed by atoms with van der Waals surface area (Å²) in [6.45, 7) is 4.06. The number of likely N-dealkylation sites (tertiary alicyclic amines) is 1. The van der Waals surface area contributed by atoms with Crippen molar-refractivity contribution in [2.75, 3.05) is 26.8 Å². The van der Waals surface area contributed by atoms with E-state index in [1.807, 2.05) is 0 Å². The highest BCUT2D eigenvalue weighted by atomic mass is 16.5. The number of fused-ring (bicyclic) bond motifs is 2. The van der Waals surface area contributed by atoms with Gasteiger partial charge in [-0.3, -0.25) is 4.90 Å². The van der Waals surface area contributed by atoms with Crippen molar-refractivity contribution in [2.45, 2.75) is 69.0 Å². The second kappa shape index (κ2) is 5.51. The molecule has 6 rings (SSSR count). The molecule has 1 saturated heterocycles. The van der Waals surface area contributed by atoms with E-state index in [0.29, 0.717) is 6.42 Å². The molecule has 5 aliphatic carbocycles. The Morgan fingerprint density at radius 2 is 1.96 bits per heavy atom. The molecule has 5 saturated carbocycles. The summed E-state index contributed by atoms with van der Waals surface area (Å²) < 4.78 is 5.77. The second-order valence-corrected chi connectivity index (χ2v) is 11.0. The molecule has 4 N–H and O–H groups in total. The van der Waals surface area contributed by atoms with Gasteiger partial charge < -0.3 is 25.2 Å². The third-order valence-corrected chi connectivity index (χ3v) is 10.8. The molecule has 7 bridgehead atoms. The van der Waals surface area contributed by atoms with Crippen LogP contribution in [0.1, 0.15) is 39.0 Å². The molecule has 6 nitrogen and oxygen atoms in total. The summed E-state index contributed by atoms with van der Waals surface area (Å²) in [4.78, 5) is 2.47. The van der Waals surface area contributed by atoms with Gasteiger partial charge >= 0.3 is 0 Å². The predicted octanol–water partition coefficient (Wildman–Crippen LogP) is 0.223. The number of aliphatic hydroxyl groups is 4. The Bertz CT molecular complexity index is 690. The van der Waals surface area contributed by atoms with Crippen molar-refractivity contribution < 1.29 is 25.2 Å². The SMILES string of the molecule is CCN1C[C@]2(CO)CC[C@H](O)[C@@]34[C@@H]5C[C@H]6[C@H](O)[C@@H]5[C@](O)(C[C@@H]6OC)[C@@H](C[C@H]23)[C@@H]14. The Balaban J connectivity index is 1.59. The van der Waals surface area contributed by atoms with Crippen LogP contribution in [0.4, 0.5) is 0 Å². The smallest absolute Gasteiger partial charge is 0.0771 e. The van der Waals surface area contributed by atoms with E-state index in [0.717, 1.165) is 38.8 Å². The molecule has 0 amide bonds. The minimum Gasteiger partial charge on any atom is -0.396 e. The first-order valence-corrected chi connectivity index (χ1v) is 11.3. The van der Waals surface area contributed by atoms with Crippen molar-refractivity contribution in [1.82, 2.24) is 4.90 Å². The van der Waals surface area contributed by atoms with Gasteiger partial charge in [-0.2, -0.15) is 0 Å². The van der Waals surface area contributed by atoms with E-state index in [9.17, 15) is 20.4 Å². The second-order valence-electron chi connectivity index (χ2n) is 11.0. The molecule has 12 atom stereocenters. The standard InChI is InChI=1S/C22H35NO5/c1-3-23-9-20(10-24)5-4-16(25)22-12-6-11-14(28-2)8-21(27,17(12)18(11)26)13(19(22)23)7-15(20)22/h11-19,24-27H,3-10H2,1-2H3/t11-,12-,13+,14+,15-,16+,17-,18+,19-,20+,21+,22-/m1/s1. The van der Waals surface area contributed by atoms with Gasteiger partial charge in [-0.25, -0.2) is 0 Å². The van der Waals surface area contributed by atoms with Gasteiger partial charge in [0.05, 0.1) is 30.5 Å². The van der Waals surface area contributed by atoms with Gasteiger partial charge in [0.25, 0.3) is 0 Å². The van der Waals surface area contributed by atoms with E-state index in [1.165, 1.54) is 0 Å². The zero-order valence-electron chi connectivity index (χ0n) is 17.0. The molecular formula is C22H35NO5. The summed E-state index contributed by atoms with van der Waals surface area (Å²) >= 11 is 0. The molecule has 0 aromatic heterocycles. The molecule has 6 fully saturated rings. The molecular weight excluding hydrogens is 358 g/mol. The van der Waals surface area contributed by atoms with Gasteiger partial charge in [0, 0.05) is 54.7 Å². The summed E-state index contributed by atoms with van der Waals surface area (Å²) in [6, 6.07) is 0.144. The Kier molecular flexibility index (Phi) is 3.65. The van der Waals surface area contributed by atoms with Gasteiger partial charge in [-0.15, -0.1) is 0 Å². The summed E-state index contributed by atoms with van der Waals surface area (Å²) in [7, 11) is 1.70. The van der Waals surface area contributed by atoms with E-state index in [-0.39, 0.29) is 59.2 Å². The number of ether oxygens (including phenoxy) is 1. The number of hydrogen-bond acceptors (Lipinski definition) is 6. The molecule has 0 aromatic carbocycles. The number of piperidine rings is 1. The molecule has 1 heterocycles. The van der Waals surface area contributed by atoms with Crippen LogP contribution in [-0.2, 0) is 4.74 Å². The maximum absolute atomic E-state index is 12.2. The topological polar surface area (TPSA) is 93.4 Å². The first kappa shape index (κ1) is 18.5. The van der Waals surface area contributed by atoms with Gasteiger partial charge in [-0.05, 0) is 44.1 Å². The van der Waals surface area contributed by atoms with Crippen LogP contribution in [0, 0.1) is 40.4 Å². The van der Waals surface area contributed by atoms with Gasteiger partial charge in [-0.1, -0.05) is 6.92 Å². The first-order chi connectivity index (χ1) is 13.4. The maximum Gasteiger partial charge on any atom is 0.0771 e. The number of rotatable bonds is 3. The maximum atomic E-state index is 12.2. The van der Waals surface area contributed by atoms with E-state index in [4.69, 9.17) is 4.74 Å². The van der Waals surface area contributed by atoms with Crippen LogP contribution in [0.25, 0.3) is 0 Å². The Hall–Kier alpha value is -0.240. The zero-order valence-corrected chi connectivity index (χ0v) is 17.0. The van der Waals surface area contributed by atoms with Crippen molar-refractivity contribution in [3.63, 3.8) is 0 Å². The van der Waals surface area contributed by atoms with Crippen LogP contribution >= 0.6 is 0 Å². The lowest BCUT2D eigenvalue weighted by Gasteiger charge is -2.69. The van der Waals surface area contributed by atoms with Crippen LogP contribution in [0.2, 0.25) is 0 Å². The van der Waals surface area contributed by atoms with Crippen molar-refractivity contribution in [1.29, 1.82) is 0 Å². The van der Waals surface area contributed by atoms with Crippen LogP contribution in [0.15, 0.2) is 0 Å². The van der Waals surface area contributed by atoms with Crippen LogP contribution in [0.3, 0.4) is 0 Å². The molecule has 6 heteroatoms. The fourth-order valence-electron chi connectivity index (χ4n) is 10.1. The molecule has 0 unspecified atom stereocenters. The zero-order chi connectivity index (χ0) is 19.6. The summed E-state index contributed by atoms with van der Waals surface area (Å²) in [5.74, 6) is 0.241. The molecule has 1 spiro atoms. The average Bonchev–Trinajstić information content (AvgIpc) is 3.11. The van der Waals surface area contributed by atoms with Crippen molar-refractivity contribution >= 4 is 0 Å². The number of aliphatic hydroxyl groups excluding tert-OH is 3. The van der Waals surface area contributed by atoms with E-state index in [1.54, 1.807) is 7.11 Å². The highest BCUT2D eigenvalue weighted by Gasteiger charge is 2.83. The van der Waals surface area contributed by atoms with Crippen molar-refractivity contribution in [2.24, 2.45) is 40.4 Å². The largest absolute Gasteiger partial charge is 0.396 e. The van der Waals surface area contributed by atoms with E-state index < -0.39 is 17.8 Å². The summed E-state index contributed by atoms with van der Waals surface area (Å²) in [5, 5.41) is 45.5. The third-order valence-electron chi connectivity index (χ3n) is 10.8. The highest BCUT2D eigenvalue weighted by Crippen LogP contribution is 2.78. The Morgan fingerprint density at radius 3 is 2.64 bits per heavy atom. The van der Waals surface area contributed by atoms with E-state index >= 15 is 0 Å². The lowest BCUT2D eigenvalue weighted by Crippen LogP contribution is -2.76. The molecule has 0 aromatic rings. The minimum atomic E-state index is -0.941. The van der Waals surface area contributed by atoms with Crippen LogP contribution in [0.5, 0.6) is 0 Å². The molecule has 6 aliphatic rings. The lowest BCUT2D eigenvalue weighted by atomic mass is 9.43. The fourth-order valence-corrected chi connectivity index (χ4v) is 10.1. The summed E-state index contributed by atoms with van der Waals surface area (Å²) in [6.07, 6.45) is 2.77. The highest BCUT2D eigenvalue weighted by molar-refractivity contribution is 5.33. The normalized spacial score (nSPS) is 64.3. The Labute approximate surface area is 166 Å². The summed E-state index contributed by atoms with van der Waals surface area (Å²) in [5.41, 5.74) is -1.43. The van der Waals surface area contributed by atoms with Gasteiger partial charge in [0.1, 0.15) is 0 Å². The number of nitrogens with zero attached hydrogens (tertiary/aromatic N) is 1. The van der Waals surface area contributed by atoms with Crippen LogP contribution in [-0.4, -0.2) is 82.1 Å². The minimum absolute atomic E-state index is 0.0335. The third kappa shape index (κ3) is 1.69. The van der Waals surface area contributed by atoms with Crippen LogP contribution < -0.4 is 0 Å². The molecule has 0 radical (unpaired) electrons. The molecule has 158 valence electrons. The average molecular weight is 394 g/mol. The van der Waals surface area contributed by atoms with E-state index in [2.05, 4.69) is 11.8 Å². The molecule has 1 aliphatic heterocycles. The van der Waals surface area contributed by atoms with Crippen molar-refractivity contribution in [3.8, 4) is 0 Å². The number of hydrogen-bond donors (Lipinski definition) is 4. The lowest BCUT2D eigenvalue weighted by molar-refractivity contribution is -0.271. The monoisotopic (exact) mass is 393 g/mol. The van der Waals surface area contributed by atoms with Gasteiger partial charge in [0.2, 0.25) is 0 Å². The Morgan fingerprint density at radius 1 is 1.18 bits per heavy atom. The van der Waals surface area contributed by atoms with Gasteiger partial charge in [0.15, 0.2) is 0 Å². The van der Waals surface area contributed by atoms with Crippen molar-refractivity contribution in [3.05, 3.63) is 0 Å². The number of methoxy groups -OCH3 is 1. The first-order valence-electron chi connectivity index (χ1n) is 11.3.